The Hall–Kier alpha value is -1.65. The van der Waals surface area contributed by atoms with Gasteiger partial charge < -0.3 is 4.74 Å². The lowest BCUT2D eigenvalue weighted by Gasteiger charge is -1.94. The Kier molecular flexibility index (Phi) is 4.53. The van der Waals surface area contributed by atoms with Crippen LogP contribution in [-0.2, 0) is 16.1 Å². The third-order valence-corrected chi connectivity index (χ3v) is 1.89. The first kappa shape index (κ1) is 11.4. The van der Waals surface area contributed by atoms with Crippen LogP contribution in [0.2, 0.25) is 0 Å². The van der Waals surface area contributed by atoms with Gasteiger partial charge in [-0.2, -0.15) is 0 Å². The van der Waals surface area contributed by atoms with Gasteiger partial charge in [0.25, 0.3) is 0 Å². The minimum Gasteiger partial charge on any atom is -0.466 e. The van der Waals surface area contributed by atoms with Crippen molar-refractivity contribution in [3.8, 4) is 0 Å². The molecule has 15 heavy (non-hydrogen) atoms. The highest BCUT2D eigenvalue weighted by atomic mass is 16.5. The van der Waals surface area contributed by atoms with Crippen LogP contribution in [0.1, 0.15) is 25.5 Å². The Labute approximate surface area is 88.7 Å². The zero-order valence-electron chi connectivity index (χ0n) is 9.01. The molecule has 0 aliphatic rings. The van der Waals surface area contributed by atoms with Gasteiger partial charge in [-0.05, 0) is 12.5 Å². The van der Waals surface area contributed by atoms with Gasteiger partial charge in [-0.15, -0.1) is 5.10 Å². The van der Waals surface area contributed by atoms with E-state index in [0.717, 1.165) is 19.4 Å². The van der Waals surface area contributed by atoms with Crippen molar-refractivity contribution in [2.45, 2.75) is 26.3 Å². The van der Waals surface area contributed by atoms with Crippen molar-refractivity contribution in [2.75, 3.05) is 7.11 Å². The third-order valence-electron chi connectivity index (χ3n) is 1.89. The fraction of sp³-hybridized carbons (Fsp3) is 0.500. The van der Waals surface area contributed by atoms with Gasteiger partial charge >= 0.3 is 5.97 Å². The molecule has 1 rings (SSSR count). The summed E-state index contributed by atoms with van der Waals surface area (Å²) in [6.45, 7) is 2.98. The van der Waals surface area contributed by atoms with Gasteiger partial charge in [0.15, 0.2) is 0 Å². The van der Waals surface area contributed by atoms with Crippen LogP contribution < -0.4 is 0 Å². The first-order valence-electron chi connectivity index (χ1n) is 4.92. The maximum Gasteiger partial charge on any atom is 0.330 e. The zero-order chi connectivity index (χ0) is 11.1. The van der Waals surface area contributed by atoms with Crippen molar-refractivity contribution in [1.29, 1.82) is 0 Å². The lowest BCUT2D eigenvalue weighted by atomic mass is 10.3. The van der Waals surface area contributed by atoms with E-state index in [1.54, 1.807) is 17.0 Å². The summed E-state index contributed by atoms with van der Waals surface area (Å²) in [4.78, 5) is 10.8. The van der Waals surface area contributed by atoms with Crippen LogP contribution in [0, 0.1) is 0 Å². The van der Waals surface area contributed by atoms with Gasteiger partial charge in [0.1, 0.15) is 5.69 Å². The van der Waals surface area contributed by atoms with Crippen molar-refractivity contribution in [3.05, 3.63) is 18.0 Å². The monoisotopic (exact) mass is 209 g/mol. The average Bonchev–Trinajstić information content (AvgIpc) is 2.71. The number of methoxy groups -OCH3 is 1. The molecule has 0 aliphatic carbocycles. The summed E-state index contributed by atoms with van der Waals surface area (Å²) in [5, 5.41) is 7.81. The summed E-state index contributed by atoms with van der Waals surface area (Å²) in [5.41, 5.74) is 0.663. The Morgan fingerprint density at radius 3 is 3.13 bits per heavy atom. The largest absolute Gasteiger partial charge is 0.466 e. The standard InChI is InChI=1S/C10H15N3O2/c1-3-4-7-13-8-9(11-12-13)5-6-10(14)15-2/h5-6,8H,3-4,7H2,1-2H3/b6-5-. The van der Waals surface area contributed by atoms with Crippen molar-refractivity contribution < 1.29 is 9.53 Å². The Morgan fingerprint density at radius 1 is 1.67 bits per heavy atom. The molecule has 0 N–H and O–H groups in total. The lowest BCUT2D eigenvalue weighted by Crippen LogP contribution is -1.97. The number of esters is 1. The van der Waals surface area contributed by atoms with Gasteiger partial charge in [0, 0.05) is 12.6 Å². The molecule has 0 atom stereocenters. The Morgan fingerprint density at radius 2 is 2.47 bits per heavy atom. The molecule has 0 saturated heterocycles. The van der Waals surface area contributed by atoms with Crippen LogP contribution in [0.3, 0.4) is 0 Å². The number of hydrogen-bond donors (Lipinski definition) is 0. The smallest absolute Gasteiger partial charge is 0.330 e. The summed E-state index contributed by atoms with van der Waals surface area (Å²) >= 11 is 0. The van der Waals surface area contributed by atoms with Crippen molar-refractivity contribution >= 4 is 12.0 Å². The molecule has 0 saturated carbocycles. The van der Waals surface area contributed by atoms with E-state index in [1.807, 2.05) is 0 Å². The highest BCUT2D eigenvalue weighted by molar-refractivity contribution is 5.86. The van der Waals surface area contributed by atoms with Crippen LogP contribution in [0.5, 0.6) is 0 Å². The van der Waals surface area contributed by atoms with E-state index in [0.29, 0.717) is 5.69 Å². The second-order valence-corrected chi connectivity index (χ2v) is 3.12. The topological polar surface area (TPSA) is 57.0 Å². The normalized spacial score (nSPS) is 10.8. The Balaban J connectivity index is 2.52. The zero-order valence-corrected chi connectivity index (χ0v) is 9.01. The van der Waals surface area contributed by atoms with E-state index in [-0.39, 0.29) is 0 Å². The van der Waals surface area contributed by atoms with Crippen molar-refractivity contribution in [1.82, 2.24) is 15.0 Å². The molecule has 0 fully saturated rings. The number of aromatic nitrogens is 3. The number of rotatable bonds is 5. The number of ether oxygens (including phenoxy) is 1. The fourth-order valence-electron chi connectivity index (χ4n) is 1.04. The maximum absolute atomic E-state index is 10.8. The molecule has 1 heterocycles. The van der Waals surface area contributed by atoms with Gasteiger partial charge in [0.2, 0.25) is 0 Å². The van der Waals surface area contributed by atoms with Gasteiger partial charge in [0.05, 0.1) is 13.3 Å². The van der Waals surface area contributed by atoms with E-state index in [1.165, 1.54) is 13.2 Å². The number of unbranched alkanes of at least 4 members (excludes halogenated alkanes) is 1. The van der Waals surface area contributed by atoms with Crippen molar-refractivity contribution in [2.24, 2.45) is 0 Å². The van der Waals surface area contributed by atoms with Crippen LogP contribution in [0.25, 0.3) is 6.08 Å². The van der Waals surface area contributed by atoms with Crippen LogP contribution in [0.15, 0.2) is 12.3 Å². The molecular weight excluding hydrogens is 194 g/mol. The molecular formula is C10H15N3O2. The van der Waals surface area contributed by atoms with Gasteiger partial charge in [-0.1, -0.05) is 18.6 Å². The molecule has 82 valence electrons. The molecule has 0 aliphatic heterocycles. The molecule has 0 radical (unpaired) electrons. The summed E-state index contributed by atoms with van der Waals surface area (Å²) in [5.74, 6) is -0.391. The van der Waals surface area contributed by atoms with Crippen molar-refractivity contribution in [3.63, 3.8) is 0 Å². The van der Waals surface area contributed by atoms with Crippen LogP contribution >= 0.6 is 0 Å². The number of nitrogens with zero attached hydrogens (tertiary/aromatic N) is 3. The molecule has 0 spiro atoms. The van der Waals surface area contributed by atoms with E-state index in [9.17, 15) is 4.79 Å². The molecule has 0 aromatic carbocycles. The average molecular weight is 209 g/mol. The first-order chi connectivity index (χ1) is 7.26. The Bertz CT molecular complexity index is 344. The third kappa shape index (κ3) is 3.93. The van der Waals surface area contributed by atoms with E-state index < -0.39 is 5.97 Å². The highest BCUT2D eigenvalue weighted by Crippen LogP contribution is 1.99. The second-order valence-electron chi connectivity index (χ2n) is 3.12. The SMILES string of the molecule is CCCCn1cc(/C=C\C(=O)OC)nn1. The number of hydrogen-bond acceptors (Lipinski definition) is 4. The first-order valence-corrected chi connectivity index (χ1v) is 4.92. The molecule has 5 heteroatoms. The molecule has 0 unspecified atom stereocenters. The quantitative estimate of drug-likeness (QED) is 0.541. The predicted molar refractivity (Wildman–Crippen MR) is 56.0 cm³/mol. The molecule has 5 nitrogen and oxygen atoms in total. The molecule has 0 amide bonds. The van der Waals surface area contributed by atoms with Gasteiger partial charge in [-0.3, -0.25) is 4.68 Å². The summed E-state index contributed by atoms with van der Waals surface area (Å²) in [6.07, 6.45) is 6.90. The van der Waals surface area contributed by atoms with Crippen LogP contribution in [-0.4, -0.2) is 28.1 Å². The fourth-order valence-corrected chi connectivity index (χ4v) is 1.04. The van der Waals surface area contributed by atoms with E-state index >= 15 is 0 Å². The van der Waals surface area contributed by atoms with Crippen LogP contribution in [0.4, 0.5) is 0 Å². The lowest BCUT2D eigenvalue weighted by molar-refractivity contribution is -0.134. The summed E-state index contributed by atoms with van der Waals surface area (Å²) < 4.78 is 6.23. The predicted octanol–water partition coefficient (Wildman–Crippen LogP) is 1.26. The number of aryl methyl sites for hydroxylation is 1. The minimum atomic E-state index is -0.391. The molecule has 0 bridgehead atoms. The highest BCUT2D eigenvalue weighted by Gasteiger charge is 1.97. The number of carbonyl (C=O) groups excluding carboxylic acids is 1. The summed E-state index contributed by atoms with van der Waals surface area (Å²) in [7, 11) is 1.34. The number of carbonyl (C=O) groups is 1. The van der Waals surface area contributed by atoms with E-state index in [2.05, 4.69) is 22.0 Å². The molecule has 1 aromatic heterocycles. The second kappa shape index (κ2) is 5.95. The van der Waals surface area contributed by atoms with E-state index in [4.69, 9.17) is 0 Å². The maximum atomic E-state index is 10.8. The summed E-state index contributed by atoms with van der Waals surface area (Å²) in [6, 6.07) is 0. The minimum absolute atomic E-state index is 0.391. The van der Waals surface area contributed by atoms with Gasteiger partial charge in [-0.25, -0.2) is 4.79 Å². The molecule has 1 aromatic rings.